The number of esters is 1. The molecule has 0 spiro atoms. The number of nitrogens with zero attached hydrogens (tertiary/aromatic N) is 1. The van der Waals surface area contributed by atoms with Gasteiger partial charge in [-0.25, -0.2) is 4.39 Å². The van der Waals surface area contributed by atoms with Gasteiger partial charge in [0.05, 0.1) is 25.6 Å². The molecule has 5 atom stereocenters. The van der Waals surface area contributed by atoms with Crippen LogP contribution < -0.4 is 0 Å². The third-order valence-corrected chi connectivity index (χ3v) is 9.40. The minimum absolute atomic E-state index is 0.0214. The van der Waals surface area contributed by atoms with Crippen molar-refractivity contribution < 1.29 is 27.1 Å². The number of carbonyl (C=O) groups is 1. The molecule has 38 heavy (non-hydrogen) atoms. The Morgan fingerprint density at radius 1 is 1.11 bits per heavy atom. The van der Waals surface area contributed by atoms with Gasteiger partial charge in [0.15, 0.2) is 0 Å². The van der Waals surface area contributed by atoms with Gasteiger partial charge in [-0.15, -0.1) is 0 Å². The van der Waals surface area contributed by atoms with E-state index < -0.39 is 41.4 Å². The number of hydrogen-bond acceptors (Lipinski definition) is 3. The van der Waals surface area contributed by atoms with Gasteiger partial charge in [0.2, 0.25) is 0 Å². The minimum atomic E-state index is -5.00. The maximum atomic E-state index is 15.2. The molecule has 11 heteroatoms. The summed E-state index contributed by atoms with van der Waals surface area (Å²) < 4.78 is 65.6. The first-order valence-corrected chi connectivity index (χ1v) is 14.1. The molecule has 1 aliphatic carbocycles. The summed E-state index contributed by atoms with van der Waals surface area (Å²) in [4.78, 5) is 18.1. The minimum Gasteiger partial charge on any atom is -0.462 e. The van der Waals surface area contributed by atoms with E-state index in [-0.39, 0.29) is 42.5 Å². The highest BCUT2D eigenvalue weighted by Crippen LogP contribution is 2.56. The van der Waals surface area contributed by atoms with Crippen LogP contribution in [0.25, 0.3) is 0 Å². The van der Waals surface area contributed by atoms with E-state index in [2.05, 4.69) is 20.9 Å². The van der Waals surface area contributed by atoms with Crippen molar-refractivity contribution in [2.24, 2.45) is 22.7 Å². The molecule has 2 aliphatic rings. The van der Waals surface area contributed by atoms with E-state index in [1.54, 1.807) is 0 Å². The van der Waals surface area contributed by atoms with Crippen LogP contribution in [0.4, 0.5) is 17.6 Å². The quantitative estimate of drug-likeness (QED) is 0.183. The lowest BCUT2D eigenvalue weighted by Crippen LogP contribution is -2.52. The number of rotatable bonds is 5. The standard InChI is InChI=1S/C27H25BrCl3F4NO2/c1-13(2)16-5-3-4-6-21(16)38-25(37)22-24(14-7-8-20(32)17(28)9-14)36-12-26(22,27(33,34)35)15-10-18(29)23(31)19(30)11-15/h7-13,16,21-22,24H,3-6H2,1-2H3. The molecule has 0 bridgehead atoms. The molecule has 0 amide bonds. The summed E-state index contributed by atoms with van der Waals surface area (Å²) >= 11 is 21.4. The van der Waals surface area contributed by atoms with E-state index in [0.29, 0.717) is 6.42 Å². The van der Waals surface area contributed by atoms with Crippen LogP contribution in [0.5, 0.6) is 0 Å². The SMILES string of the molecule is CC(C)C1CCCCC1OC(=O)C1C(c2ccc(F)c(Br)c2)N=CC1(c1cc(Cl)c(Cl)c(Cl)c1)C(F)(F)F. The number of carbonyl (C=O) groups excluding carboxylic acids is 1. The van der Waals surface area contributed by atoms with Gasteiger partial charge in [-0.3, -0.25) is 9.79 Å². The number of halogens is 8. The van der Waals surface area contributed by atoms with Crippen molar-refractivity contribution in [1.29, 1.82) is 0 Å². The Labute approximate surface area is 242 Å². The molecular weight excluding hydrogens is 633 g/mol. The molecule has 3 nitrogen and oxygen atoms in total. The van der Waals surface area contributed by atoms with E-state index in [9.17, 15) is 9.18 Å². The topological polar surface area (TPSA) is 38.7 Å². The van der Waals surface area contributed by atoms with Gasteiger partial charge < -0.3 is 4.74 Å². The van der Waals surface area contributed by atoms with Crippen molar-refractivity contribution in [2.45, 2.75) is 63.3 Å². The fraction of sp³-hybridized carbons (Fsp3) is 0.481. The average molecular weight is 658 g/mol. The molecule has 0 radical (unpaired) electrons. The van der Waals surface area contributed by atoms with Gasteiger partial charge in [0.1, 0.15) is 23.3 Å². The highest BCUT2D eigenvalue weighted by molar-refractivity contribution is 9.10. The molecule has 1 saturated carbocycles. The second kappa shape index (κ2) is 11.3. The highest BCUT2D eigenvalue weighted by Gasteiger charge is 2.67. The first kappa shape index (κ1) is 29.6. The van der Waals surface area contributed by atoms with Gasteiger partial charge >= 0.3 is 12.1 Å². The number of alkyl halides is 3. The highest BCUT2D eigenvalue weighted by atomic mass is 79.9. The van der Waals surface area contributed by atoms with Gasteiger partial charge in [0, 0.05) is 6.21 Å². The fourth-order valence-electron chi connectivity index (χ4n) is 5.62. The Kier molecular flexibility index (Phi) is 8.78. The Morgan fingerprint density at radius 3 is 2.32 bits per heavy atom. The van der Waals surface area contributed by atoms with Crippen LogP contribution in [0.1, 0.15) is 56.7 Å². The van der Waals surface area contributed by atoms with Crippen molar-refractivity contribution in [3.05, 3.63) is 66.8 Å². The van der Waals surface area contributed by atoms with Gasteiger partial charge in [-0.1, -0.05) is 61.1 Å². The molecule has 1 heterocycles. The monoisotopic (exact) mass is 655 g/mol. The maximum absolute atomic E-state index is 15.2. The number of aliphatic imine (C=N–C) groups is 1. The third kappa shape index (κ3) is 5.35. The second-order valence-corrected chi connectivity index (χ2v) is 12.2. The van der Waals surface area contributed by atoms with Crippen molar-refractivity contribution in [3.63, 3.8) is 0 Å². The fourth-order valence-corrected chi connectivity index (χ4v) is 6.61. The van der Waals surface area contributed by atoms with Crippen LogP contribution in [-0.2, 0) is 14.9 Å². The molecular formula is C27H25BrCl3F4NO2. The molecule has 1 fully saturated rings. The number of benzene rings is 2. The lowest BCUT2D eigenvalue weighted by atomic mass is 9.68. The maximum Gasteiger partial charge on any atom is 0.404 e. The molecule has 2 aromatic rings. The van der Waals surface area contributed by atoms with E-state index in [1.165, 1.54) is 12.1 Å². The van der Waals surface area contributed by atoms with E-state index in [4.69, 9.17) is 39.5 Å². The van der Waals surface area contributed by atoms with Crippen LogP contribution in [0.3, 0.4) is 0 Å². The second-order valence-electron chi connectivity index (χ2n) is 10.2. The normalized spacial score (nSPS) is 27.7. The Hall–Kier alpha value is -1.35. The van der Waals surface area contributed by atoms with Crippen LogP contribution in [0.15, 0.2) is 39.8 Å². The molecule has 206 valence electrons. The predicted octanol–water partition coefficient (Wildman–Crippen LogP) is 9.55. The van der Waals surface area contributed by atoms with Gasteiger partial charge in [0.25, 0.3) is 0 Å². The van der Waals surface area contributed by atoms with Crippen LogP contribution in [0, 0.1) is 23.6 Å². The lowest BCUT2D eigenvalue weighted by Gasteiger charge is -2.39. The van der Waals surface area contributed by atoms with Gasteiger partial charge in [-0.2, -0.15) is 13.2 Å². The van der Waals surface area contributed by atoms with Crippen LogP contribution >= 0.6 is 50.7 Å². The summed E-state index contributed by atoms with van der Waals surface area (Å²) in [5, 5.41) is -0.499. The van der Waals surface area contributed by atoms with Gasteiger partial charge in [-0.05, 0) is 82.4 Å². The molecule has 5 unspecified atom stereocenters. The molecule has 4 rings (SSSR count). The summed E-state index contributed by atoms with van der Waals surface area (Å²) in [6, 6.07) is 4.54. The summed E-state index contributed by atoms with van der Waals surface area (Å²) in [6.07, 6.45) is -1.66. The first-order valence-electron chi connectivity index (χ1n) is 12.2. The van der Waals surface area contributed by atoms with E-state index in [0.717, 1.165) is 43.7 Å². The summed E-state index contributed by atoms with van der Waals surface area (Å²) in [5.41, 5.74) is -3.09. The van der Waals surface area contributed by atoms with Crippen molar-refractivity contribution >= 4 is 62.9 Å². The third-order valence-electron chi connectivity index (χ3n) is 7.59. The molecule has 0 N–H and O–H groups in total. The Morgan fingerprint density at radius 2 is 1.74 bits per heavy atom. The van der Waals surface area contributed by atoms with E-state index in [1.807, 2.05) is 13.8 Å². The Bertz CT molecular complexity index is 1230. The zero-order valence-corrected chi connectivity index (χ0v) is 24.3. The largest absolute Gasteiger partial charge is 0.462 e. The zero-order chi connectivity index (χ0) is 28.0. The molecule has 0 saturated heterocycles. The van der Waals surface area contributed by atoms with Crippen LogP contribution in [0.2, 0.25) is 15.1 Å². The average Bonchev–Trinajstić information content (AvgIpc) is 3.26. The lowest BCUT2D eigenvalue weighted by molar-refractivity contribution is -0.197. The number of ether oxygens (including phenoxy) is 1. The summed E-state index contributed by atoms with van der Waals surface area (Å²) in [7, 11) is 0. The van der Waals surface area contributed by atoms with E-state index >= 15 is 13.2 Å². The first-order chi connectivity index (χ1) is 17.8. The smallest absolute Gasteiger partial charge is 0.404 e. The van der Waals surface area contributed by atoms with Crippen molar-refractivity contribution in [2.75, 3.05) is 0 Å². The zero-order valence-electron chi connectivity index (χ0n) is 20.5. The molecule has 2 aromatic carbocycles. The van der Waals surface area contributed by atoms with Crippen LogP contribution in [-0.4, -0.2) is 24.5 Å². The molecule has 1 aliphatic heterocycles. The Balaban J connectivity index is 1.88. The molecule has 0 aromatic heterocycles. The van der Waals surface area contributed by atoms with Crippen molar-refractivity contribution in [3.8, 4) is 0 Å². The van der Waals surface area contributed by atoms with Crippen molar-refractivity contribution in [1.82, 2.24) is 0 Å². The predicted molar refractivity (Wildman–Crippen MR) is 145 cm³/mol. The number of hydrogen-bond donors (Lipinski definition) is 0. The summed E-state index contributed by atoms with van der Waals surface area (Å²) in [5.74, 6) is -3.30. The summed E-state index contributed by atoms with van der Waals surface area (Å²) in [6.45, 7) is 4.01.